The molecular weight excluding hydrogens is 216 g/mol. The van der Waals surface area contributed by atoms with Crippen molar-refractivity contribution in [1.29, 1.82) is 0 Å². The van der Waals surface area contributed by atoms with Crippen LogP contribution in [0.3, 0.4) is 0 Å². The predicted molar refractivity (Wildman–Crippen MR) is 55.8 cm³/mol. The molecule has 1 fully saturated rings. The Morgan fingerprint density at radius 2 is 2.27 bits per heavy atom. The number of hydrogen-bond acceptors (Lipinski definition) is 4. The fraction of sp³-hybridized carbons (Fsp3) is 0.444. The summed E-state index contributed by atoms with van der Waals surface area (Å²) in [6, 6.07) is 3.41. The molecule has 1 aromatic heterocycles. The van der Waals surface area contributed by atoms with Gasteiger partial charge in [0.25, 0.3) is 5.91 Å². The average Bonchev–Trinajstić information content (AvgIpc) is 2.15. The largest absolute Gasteiger partial charge is 0.335 e. The SMILES string of the molecule is CN(C(=O)c1ccc(Cl)nn1)C1CNC1. The summed E-state index contributed by atoms with van der Waals surface area (Å²) in [5, 5.41) is 10.8. The number of hydrogen-bond donors (Lipinski definition) is 1. The van der Waals surface area contributed by atoms with Gasteiger partial charge in [-0.25, -0.2) is 0 Å². The van der Waals surface area contributed by atoms with Gasteiger partial charge in [-0.15, -0.1) is 10.2 Å². The molecule has 0 radical (unpaired) electrons. The number of likely N-dealkylation sites (N-methyl/N-ethyl adjacent to an activating group) is 1. The van der Waals surface area contributed by atoms with E-state index < -0.39 is 0 Å². The van der Waals surface area contributed by atoms with Crippen molar-refractivity contribution in [2.45, 2.75) is 6.04 Å². The molecule has 1 saturated heterocycles. The molecule has 0 unspecified atom stereocenters. The van der Waals surface area contributed by atoms with E-state index in [1.165, 1.54) is 0 Å². The Morgan fingerprint density at radius 1 is 1.53 bits per heavy atom. The lowest BCUT2D eigenvalue weighted by Gasteiger charge is -2.35. The van der Waals surface area contributed by atoms with Crippen LogP contribution in [0.1, 0.15) is 10.5 Å². The van der Waals surface area contributed by atoms with E-state index in [4.69, 9.17) is 11.6 Å². The van der Waals surface area contributed by atoms with Crippen molar-refractivity contribution >= 4 is 17.5 Å². The number of nitrogens with zero attached hydrogens (tertiary/aromatic N) is 3. The fourth-order valence-electron chi connectivity index (χ4n) is 1.32. The average molecular weight is 227 g/mol. The van der Waals surface area contributed by atoms with Crippen molar-refractivity contribution in [1.82, 2.24) is 20.4 Å². The Balaban J connectivity index is 2.09. The molecular formula is C9H11ClN4O. The van der Waals surface area contributed by atoms with Crippen LogP contribution < -0.4 is 5.32 Å². The maximum atomic E-state index is 11.8. The fourth-order valence-corrected chi connectivity index (χ4v) is 1.42. The zero-order chi connectivity index (χ0) is 10.8. The minimum absolute atomic E-state index is 0.120. The molecule has 0 atom stereocenters. The van der Waals surface area contributed by atoms with Gasteiger partial charge in [-0.1, -0.05) is 11.6 Å². The van der Waals surface area contributed by atoms with Gasteiger partial charge in [0.2, 0.25) is 0 Å². The van der Waals surface area contributed by atoms with Crippen molar-refractivity contribution in [2.24, 2.45) is 0 Å². The molecule has 1 aliphatic rings. The zero-order valence-corrected chi connectivity index (χ0v) is 9.03. The van der Waals surface area contributed by atoms with Gasteiger partial charge in [-0.05, 0) is 12.1 Å². The molecule has 2 heterocycles. The number of amides is 1. The summed E-state index contributed by atoms with van der Waals surface area (Å²) in [4.78, 5) is 13.5. The molecule has 0 aliphatic carbocycles. The maximum Gasteiger partial charge on any atom is 0.274 e. The minimum Gasteiger partial charge on any atom is -0.335 e. The van der Waals surface area contributed by atoms with E-state index in [9.17, 15) is 4.79 Å². The molecule has 80 valence electrons. The molecule has 2 rings (SSSR count). The van der Waals surface area contributed by atoms with Gasteiger partial charge in [-0.2, -0.15) is 0 Å². The second-order valence-electron chi connectivity index (χ2n) is 3.47. The smallest absolute Gasteiger partial charge is 0.274 e. The molecule has 15 heavy (non-hydrogen) atoms. The Labute approximate surface area is 92.4 Å². The van der Waals surface area contributed by atoms with Crippen molar-refractivity contribution in [3.63, 3.8) is 0 Å². The van der Waals surface area contributed by atoms with Crippen LogP contribution in [0.5, 0.6) is 0 Å². The van der Waals surface area contributed by atoms with E-state index in [-0.39, 0.29) is 11.9 Å². The number of halogens is 1. The Bertz CT molecular complexity index is 363. The van der Waals surface area contributed by atoms with Gasteiger partial charge >= 0.3 is 0 Å². The van der Waals surface area contributed by atoms with E-state index in [1.54, 1.807) is 24.1 Å². The van der Waals surface area contributed by atoms with Crippen molar-refractivity contribution in [3.05, 3.63) is 23.0 Å². The highest BCUT2D eigenvalue weighted by Crippen LogP contribution is 2.08. The third kappa shape index (κ3) is 2.08. The van der Waals surface area contributed by atoms with Gasteiger partial charge < -0.3 is 10.2 Å². The van der Waals surface area contributed by atoms with E-state index in [2.05, 4.69) is 15.5 Å². The standard InChI is InChI=1S/C9H11ClN4O/c1-14(6-4-11-5-6)9(15)7-2-3-8(10)13-12-7/h2-3,6,11H,4-5H2,1H3. The third-order valence-electron chi connectivity index (χ3n) is 2.48. The number of carbonyl (C=O) groups is 1. The first-order chi connectivity index (χ1) is 7.18. The molecule has 6 heteroatoms. The lowest BCUT2D eigenvalue weighted by Crippen LogP contribution is -2.57. The molecule has 1 amide bonds. The lowest BCUT2D eigenvalue weighted by atomic mass is 10.1. The summed E-state index contributed by atoms with van der Waals surface area (Å²) >= 11 is 5.59. The van der Waals surface area contributed by atoms with E-state index >= 15 is 0 Å². The van der Waals surface area contributed by atoms with Crippen LogP contribution in [0.4, 0.5) is 0 Å². The highest BCUT2D eigenvalue weighted by molar-refractivity contribution is 6.29. The molecule has 1 aromatic rings. The molecule has 0 aromatic carbocycles. The Hall–Kier alpha value is -1.20. The van der Waals surface area contributed by atoms with Crippen LogP contribution in [0.25, 0.3) is 0 Å². The van der Waals surface area contributed by atoms with Crippen LogP contribution in [0, 0.1) is 0 Å². The molecule has 0 saturated carbocycles. The first-order valence-electron chi connectivity index (χ1n) is 4.65. The number of nitrogens with one attached hydrogen (secondary N) is 1. The number of rotatable bonds is 2. The van der Waals surface area contributed by atoms with Crippen LogP contribution in [0.15, 0.2) is 12.1 Å². The second-order valence-corrected chi connectivity index (χ2v) is 3.86. The van der Waals surface area contributed by atoms with Gasteiger partial charge in [-0.3, -0.25) is 4.79 Å². The van der Waals surface area contributed by atoms with Gasteiger partial charge in [0.15, 0.2) is 10.8 Å². The summed E-state index contributed by atoms with van der Waals surface area (Å²) in [6.45, 7) is 1.67. The Morgan fingerprint density at radius 3 is 2.73 bits per heavy atom. The summed E-state index contributed by atoms with van der Waals surface area (Å²) in [7, 11) is 1.77. The van der Waals surface area contributed by atoms with Crippen LogP contribution in [-0.4, -0.2) is 47.2 Å². The molecule has 5 nitrogen and oxygen atoms in total. The van der Waals surface area contributed by atoms with Crippen LogP contribution in [-0.2, 0) is 0 Å². The van der Waals surface area contributed by atoms with Crippen molar-refractivity contribution in [2.75, 3.05) is 20.1 Å². The maximum absolute atomic E-state index is 11.8. The van der Waals surface area contributed by atoms with E-state index in [0.29, 0.717) is 10.8 Å². The monoisotopic (exact) mass is 226 g/mol. The number of aromatic nitrogens is 2. The third-order valence-corrected chi connectivity index (χ3v) is 2.68. The normalized spacial score (nSPS) is 15.9. The molecule has 0 spiro atoms. The highest BCUT2D eigenvalue weighted by atomic mass is 35.5. The summed E-state index contributed by atoms with van der Waals surface area (Å²) < 4.78 is 0. The van der Waals surface area contributed by atoms with Gasteiger partial charge in [0, 0.05) is 20.1 Å². The van der Waals surface area contributed by atoms with Gasteiger partial charge in [0.05, 0.1) is 6.04 Å². The zero-order valence-electron chi connectivity index (χ0n) is 8.27. The Kier molecular flexibility index (Phi) is 2.83. The first kappa shape index (κ1) is 10.3. The van der Waals surface area contributed by atoms with Crippen LogP contribution >= 0.6 is 11.6 Å². The van der Waals surface area contributed by atoms with Gasteiger partial charge in [0.1, 0.15) is 0 Å². The topological polar surface area (TPSA) is 58.1 Å². The lowest BCUT2D eigenvalue weighted by molar-refractivity contribution is 0.0674. The first-order valence-corrected chi connectivity index (χ1v) is 5.03. The summed E-state index contributed by atoms with van der Waals surface area (Å²) in [5.74, 6) is -0.120. The molecule has 0 bridgehead atoms. The summed E-state index contributed by atoms with van der Waals surface area (Å²) in [5.41, 5.74) is 0.328. The second kappa shape index (κ2) is 4.12. The van der Waals surface area contributed by atoms with E-state index in [0.717, 1.165) is 13.1 Å². The highest BCUT2D eigenvalue weighted by Gasteiger charge is 2.26. The van der Waals surface area contributed by atoms with Crippen LogP contribution in [0.2, 0.25) is 5.15 Å². The molecule has 1 N–H and O–H groups in total. The quantitative estimate of drug-likeness (QED) is 0.781. The number of carbonyl (C=O) groups excluding carboxylic acids is 1. The predicted octanol–water partition coefficient (Wildman–Crippen LogP) is 0.174. The van der Waals surface area contributed by atoms with Crippen molar-refractivity contribution < 1.29 is 4.79 Å². The molecule has 1 aliphatic heterocycles. The minimum atomic E-state index is -0.120. The van der Waals surface area contributed by atoms with Crippen molar-refractivity contribution in [3.8, 4) is 0 Å². The van der Waals surface area contributed by atoms with E-state index in [1.807, 2.05) is 0 Å². The summed E-state index contributed by atoms with van der Waals surface area (Å²) in [6.07, 6.45) is 0.